The van der Waals surface area contributed by atoms with Crippen molar-refractivity contribution in [2.45, 2.75) is 6.04 Å². The lowest BCUT2D eigenvalue weighted by molar-refractivity contribution is -0.138. The van der Waals surface area contributed by atoms with Gasteiger partial charge < -0.3 is 15.6 Å². The Balaban J connectivity index is 3.02. The van der Waals surface area contributed by atoms with Crippen LogP contribution in [0.2, 0.25) is 0 Å². The van der Waals surface area contributed by atoms with E-state index in [0.29, 0.717) is 15.9 Å². The van der Waals surface area contributed by atoms with E-state index < -0.39 is 12.0 Å². The van der Waals surface area contributed by atoms with Crippen LogP contribution in [0, 0.1) is 0 Å². The number of ether oxygens (including phenoxy) is 1. The minimum Gasteiger partial charge on any atom is -0.480 e. The van der Waals surface area contributed by atoms with E-state index in [1.54, 1.807) is 6.07 Å². The van der Waals surface area contributed by atoms with Crippen molar-refractivity contribution in [3.05, 3.63) is 22.3 Å². The second kappa shape index (κ2) is 4.39. The van der Waals surface area contributed by atoms with Crippen molar-refractivity contribution < 1.29 is 14.6 Å². The predicted molar refractivity (Wildman–Crippen MR) is 53.1 cm³/mol. The normalized spacial score (nSPS) is 12.2. The Morgan fingerprint density at radius 1 is 1.79 bits per heavy atom. The van der Waals surface area contributed by atoms with E-state index in [0.717, 1.165) is 0 Å². The molecule has 1 rings (SSSR count). The van der Waals surface area contributed by atoms with Gasteiger partial charge in [0.25, 0.3) is 0 Å². The predicted octanol–water partition coefficient (Wildman–Crippen LogP) is 0.937. The minimum atomic E-state index is -1.09. The first-order valence-corrected chi connectivity index (χ1v) is 4.53. The number of halogens is 1. The Hall–Kier alpha value is -1.14. The molecule has 14 heavy (non-hydrogen) atoms. The maximum Gasteiger partial charge on any atom is 0.325 e. The lowest BCUT2D eigenvalue weighted by Crippen LogP contribution is -2.20. The molecule has 0 amide bonds. The first-order chi connectivity index (χ1) is 6.56. The van der Waals surface area contributed by atoms with Crippen LogP contribution in [-0.4, -0.2) is 23.2 Å². The monoisotopic (exact) mass is 260 g/mol. The summed E-state index contributed by atoms with van der Waals surface area (Å²) in [5.41, 5.74) is 5.82. The van der Waals surface area contributed by atoms with Crippen molar-refractivity contribution >= 4 is 21.9 Å². The molecule has 0 aliphatic rings. The highest BCUT2D eigenvalue weighted by atomic mass is 79.9. The van der Waals surface area contributed by atoms with E-state index in [2.05, 4.69) is 20.9 Å². The summed E-state index contributed by atoms with van der Waals surface area (Å²) in [4.78, 5) is 14.5. The molecule has 0 saturated heterocycles. The summed E-state index contributed by atoms with van der Waals surface area (Å²) in [7, 11) is 1.48. The number of carbonyl (C=O) groups is 1. The summed E-state index contributed by atoms with van der Waals surface area (Å²) in [5.74, 6) is -0.699. The molecule has 0 fully saturated rings. The first kappa shape index (κ1) is 10.9. The summed E-state index contributed by atoms with van der Waals surface area (Å²) in [6.45, 7) is 0. The van der Waals surface area contributed by atoms with Crippen molar-refractivity contribution in [2.75, 3.05) is 7.11 Å². The van der Waals surface area contributed by atoms with Gasteiger partial charge in [-0.25, -0.2) is 4.98 Å². The van der Waals surface area contributed by atoms with Crippen LogP contribution in [0.3, 0.4) is 0 Å². The third-order valence-electron chi connectivity index (χ3n) is 1.65. The van der Waals surface area contributed by atoms with Gasteiger partial charge in [-0.1, -0.05) is 0 Å². The Morgan fingerprint density at radius 3 is 2.86 bits per heavy atom. The molecule has 1 heterocycles. The molecule has 0 aliphatic carbocycles. The topological polar surface area (TPSA) is 85.4 Å². The molecule has 0 spiro atoms. The molecule has 6 heteroatoms. The number of nitrogens with two attached hydrogens (primary N) is 1. The van der Waals surface area contributed by atoms with Crippen molar-refractivity contribution in [1.82, 2.24) is 4.98 Å². The van der Waals surface area contributed by atoms with Crippen molar-refractivity contribution in [2.24, 2.45) is 5.73 Å². The molecule has 1 unspecified atom stereocenters. The number of hydrogen-bond acceptors (Lipinski definition) is 4. The zero-order valence-corrected chi connectivity index (χ0v) is 8.98. The molecule has 0 bridgehead atoms. The van der Waals surface area contributed by atoms with Crippen LogP contribution in [-0.2, 0) is 4.79 Å². The molecule has 0 saturated carbocycles. The highest BCUT2D eigenvalue weighted by Gasteiger charge is 2.16. The van der Waals surface area contributed by atoms with Gasteiger partial charge in [-0.15, -0.1) is 0 Å². The second-order valence-corrected chi connectivity index (χ2v) is 3.43. The zero-order valence-electron chi connectivity index (χ0n) is 7.40. The number of carboxylic acids is 1. The van der Waals surface area contributed by atoms with Crippen LogP contribution in [0.5, 0.6) is 5.88 Å². The summed E-state index contributed by atoms with van der Waals surface area (Å²) >= 11 is 3.19. The fourth-order valence-electron chi connectivity index (χ4n) is 0.903. The standard InChI is InChI=1S/C8H9BrN2O3/c1-14-7-5(9)2-4(3-11-7)6(10)8(12)13/h2-3,6H,10H2,1H3,(H,12,13). The van der Waals surface area contributed by atoms with Gasteiger partial charge in [0.05, 0.1) is 11.6 Å². The molecule has 0 aromatic carbocycles. The van der Waals surface area contributed by atoms with Gasteiger partial charge in [0.2, 0.25) is 5.88 Å². The summed E-state index contributed by atoms with van der Waals surface area (Å²) in [5, 5.41) is 8.65. The van der Waals surface area contributed by atoms with Crippen molar-refractivity contribution in [3.63, 3.8) is 0 Å². The lowest BCUT2D eigenvalue weighted by Gasteiger charge is -2.08. The Labute approximate surface area is 89.0 Å². The third kappa shape index (κ3) is 2.21. The van der Waals surface area contributed by atoms with E-state index in [1.165, 1.54) is 13.3 Å². The van der Waals surface area contributed by atoms with Crippen LogP contribution in [0.4, 0.5) is 0 Å². The number of aliphatic carboxylic acids is 1. The molecule has 1 atom stereocenters. The highest BCUT2D eigenvalue weighted by Crippen LogP contribution is 2.24. The Kier molecular flexibility index (Phi) is 3.43. The van der Waals surface area contributed by atoms with Gasteiger partial charge in [0.15, 0.2) is 0 Å². The molecule has 5 nitrogen and oxygen atoms in total. The largest absolute Gasteiger partial charge is 0.480 e. The molecule has 1 aromatic heterocycles. The summed E-state index contributed by atoms with van der Waals surface area (Å²) in [6.07, 6.45) is 1.38. The van der Waals surface area contributed by atoms with Gasteiger partial charge in [-0.3, -0.25) is 4.79 Å². The average molecular weight is 261 g/mol. The van der Waals surface area contributed by atoms with E-state index in [-0.39, 0.29) is 0 Å². The van der Waals surface area contributed by atoms with E-state index in [4.69, 9.17) is 15.6 Å². The minimum absolute atomic E-state index is 0.395. The van der Waals surface area contributed by atoms with Crippen LogP contribution >= 0.6 is 15.9 Å². The number of methoxy groups -OCH3 is 1. The van der Waals surface area contributed by atoms with Crippen molar-refractivity contribution in [1.29, 1.82) is 0 Å². The Bertz CT molecular complexity index is 356. The number of aromatic nitrogens is 1. The highest BCUT2D eigenvalue weighted by molar-refractivity contribution is 9.10. The number of rotatable bonds is 3. The van der Waals surface area contributed by atoms with Gasteiger partial charge in [-0.2, -0.15) is 0 Å². The molecule has 0 aliphatic heterocycles. The maximum absolute atomic E-state index is 10.6. The number of nitrogens with zero attached hydrogens (tertiary/aromatic N) is 1. The Morgan fingerprint density at radius 2 is 2.43 bits per heavy atom. The SMILES string of the molecule is COc1ncc(C(N)C(=O)O)cc1Br. The number of carboxylic acid groups (broad SMARTS) is 1. The fraction of sp³-hybridized carbons (Fsp3) is 0.250. The van der Waals surface area contributed by atoms with Crippen LogP contribution < -0.4 is 10.5 Å². The molecule has 1 aromatic rings. The van der Waals surface area contributed by atoms with E-state index in [9.17, 15) is 4.79 Å². The first-order valence-electron chi connectivity index (χ1n) is 3.74. The summed E-state index contributed by atoms with van der Waals surface area (Å²) in [6, 6.07) is 0.509. The lowest BCUT2D eigenvalue weighted by atomic mass is 10.1. The van der Waals surface area contributed by atoms with E-state index >= 15 is 0 Å². The van der Waals surface area contributed by atoms with Crippen LogP contribution in [0.25, 0.3) is 0 Å². The smallest absolute Gasteiger partial charge is 0.325 e. The van der Waals surface area contributed by atoms with Gasteiger partial charge >= 0.3 is 5.97 Å². The molecule has 0 radical (unpaired) electrons. The molecule has 76 valence electrons. The zero-order chi connectivity index (χ0) is 10.7. The second-order valence-electron chi connectivity index (χ2n) is 2.58. The average Bonchev–Trinajstić information content (AvgIpc) is 2.16. The number of hydrogen-bond donors (Lipinski definition) is 2. The summed E-state index contributed by atoms with van der Waals surface area (Å²) < 4.78 is 5.47. The van der Waals surface area contributed by atoms with Crippen molar-refractivity contribution in [3.8, 4) is 5.88 Å². The van der Waals surface area contributed by atoms with E-state index in [1.807, 2.05) is 0 Å². The molecular formula is C8H9BrN2O3. The fourth-order valence-corrected chi connectivity index (χ4v) is 1.43. The maximum atomic E-state index is 10.6. The molecular weight excluding hydrogens is 252 g/mol. The van der Waals surface area contributed by atoms with Crippen LogP contribution in [0.1, 0.15) is 11.6 Å². The van der Waals surface area contributed by atoms with Gasteiger partial charge in [0.1, 0.15) is 6.04 Å². The van der Waals surface area contributed by atoms with Gasteiger partial charge in [-0.05, 0) is 27.6 Å². The molecule has 3 N–H and O–H groups in total. The van der Waals surface area contributed by atoms with Gasteiger partial charge in [0, 0.05) is 6.20 Å². The third-order valence-corrected chi connectivity index (χ3v) is 2.22. The van der Waals surface area contributed by atoms with Crippen LogP contribution in [0.15, 0.2) is 16.7 Å². The quantitative estimate of drug-likeness (QED) is 0.845. The number of pyridine rings is 1.